The molecule has 3 rings (SSSR count). The average molecular weight is 259 g/mol. The van der Waals surface area contributed by atoms with Gasteiger partial charge in [0.2, 0.25) is 5.88 Å². The molecule has 3 heterocycles. The summed E-state index contributed by atoms with van der Waals surface area (Å²) < 4.78 is 7.35. The number of aryl methyl sites for hydroxylation is 1. The monoisotopic (exact) mass is 259 g/mol. The van der Waals surface area contributed by atoms with Gasteiger partial charge in [-0.3, -0.25) is 4.68 Å². The van der Waals surface area contributed by atoms with E-state index in [0.29, 0.717) is 17.5 Å². The minimum Gasteiger partial charge on any atom is -0.436 e. The zero-order chi connectivity index (χ0) is 13.1. The molecular formula is C13H17N5O. The van der Waals surface area contributed by atoms with Crippen molar-refractivity contribution >= 4 is 0 Å². The van der Waals surface area contributed by atoms with Gasteiger partial charge in [0.1, 0.15) is 5.82 Å². The Morgan fingerprint density at radius 3 is 3.21 bits per heavy atom. The quantitative estimate of drug-likeness (QED) is 0.892. The molecule has 19 heavy (non-hydrogen) atoms. The summed E-state index contributed by atoms with van der Waals surface area (Å²) in [4.78, 5) is 8.75. The van der Waals surface area contributed by atoms with Gasteiger partial charge in [0.25, 0.3) is 0 Å². The summed E-state index contributed by atoms with van der Waals surface area (Å²) in [5.74, 6) is 2.74. The van der Waals surface area contributed by atoms with Gasteiger partial charge >= 0.3 is 0 Å². The van der Waals surface area contributed by atoms with Gasteiger partial charge in [-0.15, -0.1) is 0 Å². The van der Waals surface area contributed by atoms with Gasteiger partial charge < -0.3 is 10.1 Å². The predicted octanol–water partition coefficient (Wildman–Crippen LogP) is 1.15. The molecule has 0 unspecified atom stereocenters. The van der Waals surface area contributed by atoms with Crippen LogP contribution >= 0.6 is 0 Å². The summed E-state index contributed by atoms with van der Waals surface area (Å²) >= 11 is 0. The Morgan fingerprint density at radius 2 is 2.47 bits per heavy atom. The van der Waals surface area contributed by atoms with Gasteiger partial charge in [-0.1, -0.05) is 0 Å². The van der Waals surface area contributed by atoms with Crippen LogP contribution in [0.15, 0.2) is 24.7 Å². The minimum absolute atomic E-state index is 0.573. The molecular weight excluding hydrogens is 242 g/mol. The van der Waals surface area contributed by atoms with Crippen LogP contribution < -0.4 is 10.1 Å². The van der Waals surface area contributed by atoms with Gasteiger partial charge in [-0.2, -0.15) is 10.1 Å². The lowest BCUT2D eigenvalue weighted by molar-refractivity contribution is 0.453. The number of nitrogens with one attached hydrogen (secondary N) is 1. The molecule has 1 aliphatic heterocycles. The van der Waals surface area contributed by atoms with Crippen molar-refractivity contribution in [2.75, 3.05) is 13.1 Å². The maximum absolute atomic E-state index is 5.65. The van der Waals surface area contributed by atoms with Crippen molar-refractivity contribution in [2.24, 2.45) is 13.0 Å². The van der Waals surface area contributed by atoms with Crippen molar-refractivity contribution in [2.45, 2.75) is 12.8 Å². The fourth-order valence-corrected chi connectivity index (χ4v) is 2.25. The topological polar surface area (TPSA) is 64.9 Å². The summed E-state index contributed by atoms with van der Waals surface area (Å²) in [7, 11) is 1.85. The van der Waals surface area contributed by atoms with E-state index in [0.717, 1.165) is 25.3 Å². The summed E-state index contributed by atoms with van der Waals surface area (Å²) in [5, 5.41) is 7.41. The first-order chi connectivity index (χ1) is 9.29. The number of aromatic nitrogens is 4. The molecule has 0 bridgehead atoms. The number of ether oxygens (including phenoxy) is 1. The zero-order valence-electron chi connectivity index (χ0n) is 10.9. The van der Waals surface area contributed by atoms with Crippen LogP contribution in [0.2, 0.25) is 0 Å². The molecule has 2 aromatic heterocycles. The van der Waals surface area contributed by atoms with Crippen molar-refractivity contribution < 1.29 is 4.74 Å². The van der Waals surface area contributed by atoms with Gasteiger partial charge in [-0.25, -0.2) is 4.98 Å². The van der Waals surface area contributed by atoms with E-state index in [1.165, 1.54) is 6.42 Å². The molecule has 6 nitrogen and oxygen atoms in total. The van der Waals surface area contributed by atoms with Crippen molar-refractivity contribution in [1.82, 2.24) is 25.1 Å². The number of rotatable bonds is 4. The van der Waals surface area contributed by atoms with Crippen molar-refractivity contribution in [3.63, 3.8) is 0 Å². The van der Waals surface area contributed by atoms with Crippen LogP contribution in [0.3, 0.4) is 0 Å². The number of hydrogen-bond donors (Lipinski definition) is 1. The molecule has 0 radical (unpaired) electrons. The second-order valence-electron chi connectivity index (χ2n) is 4.83. The van der Waals surface area contributed by atoms with Crippen LogP contribution in [-0.4, -0.2) is 32.8 Å². The predicted molar refractivity (Wildman–Crippen MR) is 70.0 cm³/mol. The van der Waals surface area contributed by atoms with Crippen molar-refractivity contribution in [1.29, 1.82) is 0 Å². The number of hydrogen-bond acceptors (Lipinski definition) is 5. The zero-order valence-corrected chi connectivity index (χ0v) is 10.9. The van der Waals surface area contributed by atoms with Crippen LogP contribution in [-0.2, 0) is 13.5 Å². The lowest BCUT2D eigenvalue weighted by Gasteiger charge is -2.07. The first kappa shape index (κ1) is 12.1. The maximum atomic E-state index is 5.65. The molecule has 0 saturated carbocycles. The maximum Gasteiger partial charge on any atom is 0.222 e. The first-order valence-corrected chi connectivity index (χ1v) is 6.49. The molecule has 0 spiro atoms. The normalized spacial score (nSPS) is 18.7. The fourth-order valence-electron chi connectivity index (χ4n) is 2.25. The fraction of sp³-hybridized carbons (Fsp3) is 0.462. The molecule has 0 amide bonds. The molecule has 1 saturated heterocycles. The molecule has 1 aliphatic rings. The van der Waals surface area contributed by atoms with E-state index in [2.05, 4.69) is 20.4 Å². The lowest BCUT2D eigenvalue weighted by Crippen LogP contribution is -2.12. The van der Waals surface area contributed by atoms with Crippen LogP contribution in [0.5, 0.6) is 11.6 Å². The third-order valence-electron chi connectivity index (χ3n) is 3.22. The Hall–Kier alpha value is -1.95. The molecule has 1 N–H and O–H groups in total. The van der Waals surface area contributed by atoms with E-state index < -0.39 is 0 Å². The Kier molecular flexibility index (Phi) is 3.41. The Labute approximate surface area is 111 Å². The van der Waals surface area contributed by atoms with E-state index >= 15 is 0 Å². The second-order valence-corrected chi connectivity index (χ2v) is 4.83. The highest BCUT2D eigenvalue weighted by molar-refractivity contribution is 5.20. The van der Waals surface area contributed by atoms with Crippen molar-refractivity contribution in [3.05, 3.63) is 30.5 Å². The highest BCUT2D eigenvalue weighted by atomic mass is 16.5. The Morgan fingerprint density at radius 1 is 1.53 bits per heavy atom. The highest BCUT2D eigenvalue weighted by Gasteiger charge is 2.16. The SMILES string of the molecule is Cn1cc(Oc2ccnc(C[C@@H]3CCNC3)n2)cn1. The van der Waals surface area contributed by atoms with E-state index in [1.807, 2.05) is 13.2 Å². The molecule has 0 aliphatic carbocycles. The van der Waals surface area contributed by atoms with Crippen LogP contribution in [0.1, 0.15) is 12.2 Å². The standard InChI is InChI=1S/C13H17N5O/c1-18-9-11(8-16-18)19-13-3-5-15-12(17-13)6-10-2-4-14-7-10/h3,5,8-10,14H,2,4,6-7H2,1H3/t10-/m0/s1. The highest BCUT2D eigenvalue weighted by Crippen LogP contribution is 2.19. The third kappa shape index (κ3) is 3.08. The lowest BCUT2D eigenvalue weighted by atomic mass is 10.0. The van der Waals surface area contributed by atoms with Gasteiger partial charge in [-0.05, 0) is 25.4 Å². The molecule has 2 aromatic rings. The van der Waals surface area contributed by atoms with Crippen LogP contribution in [0, 0.1) is 5.92 Å². The van der Waals surface area contributed by atoms with E-state index in [1.54, 1.807) is 23.1 Å². The third-order valence-corrected chi connectivity index (χ3v) is 3.22. The van der Waals surface area contributed by atoms with Gasteiger partial charge in [0.15, 0.2) is 5.75 Å². The number of nitrogens with zero attached hydrogens (tertiary/aromatic N) is 4. The smallest absolute Gasteiger partial charge is 0.222 e. The average Bonchev–Trinajstić information content (AvgIpc) is 3.02. The van der Waals surface area contributed by atoms with Crippen molar-refractivity contribution in [3.8, 4) is 11.6 Å². The van der Waals surface area contributed by atoms with Gasteiger partial charge in [0, 0.05) is 25.7 Å². The summed E-state index contributed by atoms with van der Waals surface area (Å²) in [6, 6.07) is 1.77. The molecule has 1 fully saturated rings. The van der Waals surface area contributed by atoms with Crippen LogP contribution in [0.25, 0.3) is 0 Å². The summed E-state index contributed by atoms with van der Waals surface area (Å²) in [5.41, 5.74) is 0. The molecule has 1 atom stereocenters. The van der Waals surface area contributed by atoms with Crippen LogP contribution in [0.4, 0.5) is 0 Å². The first-order valence-electron chi connectivity index (χ1n) is 6.49. The van der Waals surface area contributed by atoms with E-state index in [4.69, 9.17) is 4.74 Å². The molecule has 6 heteroatoms. The van der Waals surface area contributed by atoms with E-state index in [9.17, 15) is 0 Å². The molecule has 0 aromatic carbocycles. The largest absolute Gasteiger partial charge is 0.436 e. The summed E-state index contributed by atoms with van der Waals surface area (Å²) in [6.45, 7) is 2.15. The van der Waals surface area contributed by atoms with E-state index in [-0.39, 0.29) is 0 Å². The minimum atomic E-state index is 0.573. The second kappa shape index (κ2) is 5.36. The summed E-state index contributed by atoms with van der Waals surface area (Å²) in [6.07, 6.45) is 7.32. The Balaban J connectivity index is 1.68. The van der Waals surface area contributed by atoms with Gasteiger partial charge in [0.05, 0.1) is 12.4 Å². The Bertz CT molecular complexity index is 547. The molecule has 100 valence electrons.